The van der Waals surface area contributed by atoms with Crippen LogP contribution in [0.1, 0.15) is 32.3 Å². The molecule has 0 saturated carbocycles. The summed E-state index contributed by atoms with van der Waals surface area (Å²) in [6.07, 6.45) is 7.32. The summed E-state index contributed by atoms with van der Waals surface area (Å²) >= 11 is 0. The van der Waals surface area contributed by atoms with Gasteiger partial charge in [-0.15, -0.1) is 0 Å². The number of unbranched alkanes of at least 4 members (excludes halogenated alkanes) is 1. The Morgan fingerprint density at radius 1 is 1.04 bits per heavy atom. The van der Waals surface area contributed by atoms with Gasteiger partial charge in [0.25, 0.3) is 0 Å². The number of benzene rings is 2. The van der Waals surface area contributed by atoms with E-state index in [-0.39, 0.29) is 5.57 Å². The van der Waals surface area contributed by atoms with Gasteiger partial charge in [0, 0.05) is 0 Å². The molecule has 3 heteroatoms. The van der Waals surface area contributed by atoms with Crippen molar-refractivity contribution in [3.8, 4) is 16.9 Å². The van der Waals surface area contributed by atoms with Crippen LogP contribution in [0.2, 0.25) is 0 Å². The van der Waals surface area contributed by atoms with Gasteiger partial charge in [0.1, 0.15) is 5.75 Å². The minimum Gasteiger partial charge on any atom is -0.494 e. The smallest absolute Gasteiger partial charge is 0.336 e. The van der Waals surface area contributed by atoms with Gasteiger partial charge >= 0.3 is 5.97 Å². The lowest BCUT2D eigenvalue weighted by molar-refractivity contribution is -0.130. The number of carboxylic acids is 1. The van der Waals surface area contributed by atoms with Crippen LogP contribution in [0.5, 0.6) is 5.75 Å². The van der Waals surface area contributed by atoms with Gasteiger partial charge in [0.2, 0.25) is 0 Å². The van der Waals surface area contributed by atoms with E-state index in [1.165, 1.54) is 0 Å². The maximum atomic E-state index is 11.4. The second-order valence-electron chi connectivity index (χ2n) is 5.72. The quantitative estimate of drug-likeness (QED) is 0.389. The highest BCUT2D eigenvalue weighted by atomic mass is 16.5. The summed E-state index contributed by atoms with van der Waals surface area (Å²) in [4.78, 5) is 11.4. The summed E-state index contributed by atoms with van der Waals surface area (Å²) in [6, 6.07) is 15.5. The second-order valence-corrected chi connectivity index (χ2v) is 5.72. The summed E-state index contributed by atoms with van der Waals surface area (Å²) < 4.78 is 5.67. The molecule has 2 aromatic rings. The topological polar surface area (TPSA) is 46.5 Å². The number of allylic oxidation sites excluding steroid dienone is 3. The van der Waals surface area contributed by atoms with E-state index in [4.69, 9.17) is 4.74 Å². The molecule has 0 spiro atoms. The predicted octanol–water partition coefficient (Wildman–Crippen LogP) is 5.58. The third kappa shape index (κ3) is 5.35. The molecule has 0 bridgehead atoms. The van der Waals surface area contributed by atoms with Gasteiger partial charge in [-0.2, -0.15) is 0 Å². The van der Waals surface area contributed by atoms with Gasteiger partial charge in [0.15, 0.2) is 0 Å². The van der Waals surface area contributed by atoms with Crippen LogP contribution in [0.3, 0.4) is 0 Å². The van der Waals surface area contributed by atoms with Crippen LogP contribution in [0, 0.1) is 0 Å². The number of aliphatic carboxylic acids is 1. The van der Waals surface area contributed by atoms with E-state index < -0.39 is 5.97 Å². The van der Waals surface area contributed by atoms with E-state index >= 15 is 0 Å². The molecule has 0 heterocycles. The van der Waals surface area contributed by atoms with E-state index in [0.717, 1.165) is 36.3 Å². The van der Waals surface area contributed by atoms with Crippen molar-refractivity contribution in [3.63, 3.8) is 0 Å². The minimum atomic E-state index is -0.931. The number of hydrogen-bond acceptors (Lipinski definition) is 2. The van der Waals surface area contributed by atoms with Gasteiger partial charge in [-0.25, -0.2) is 4.79 Å². The summed E-state index contributed by atoms with van der Waals surface area (Å²) in [5.41, 5.74) is 3.08. The molecular weight excluding hydrogens is 312 g/mol. The lowest BCUT2D eigenvalue weighted by Gasteiger charge is -2.08. The summed E-state index contributed by atoms with van der Waals surface area (Å²) in [7, 11) is 0. The van der Waals surface area contributed by atoms with Gasteiger partial charge in [-0.3, -0.25) is 0 Å². The highest BCUT2D eigenvalue weighted by Gasteiger charge is 2.09. The molecule has 0 atom stereocenters. The maximum Gasteiger partial charge on any atom is 0.336 e. The van der Waals surface area contributed by atoms with Crippen molar-refractivity contribution in [1.82, 2.24) is 0 Å². The van der Waals surface area contributed by atoms with Crippen LogP contribution in [0.4, 0.5) is 0 Å². The molecule has 25 heavy (non-hydrogen) atoms. The first-order valence-electron chi connectivity index (χ1n) is 8.55. The first-order chi connectivity index (χ1) is 12.2. The van der Waals surface area contributed by atoms with Crippen molar-refractivity contribution in [2.45, 2.75) is 26.7 Å². The molecule has 0 fully saturated rings. The van der Waals surface area contributed by atoms with Crippen LogP contribution < -0.4 is 4.74 Å². The van der Waals surface area contributed by atoms with E-state index in [9.17, 15) is 9.90 Å². The maximum absolute atomic E-state index is 11.4. The largest absolute Gasteiger partial charge is 0.494 e. The predicted molar refractivity (Wildman–Crippen MR) is 103 cm³/mol. The van der Waals surface area contributed by atoms with E-state index in [1.54, 1.807) is 18.2 Å². The van der Waals surface area contributed by atoms with Crippen LogP contribution >= 0.6 is 0 Å². The van der Waals surface area contributed by atoms with Crippen molar-refractivity contribution in [2.75, 3.05) is 6.61 Å². The summed E-state index contributed by atoms with van der Waals surface area (Å²) in [5.74, 6) is -0.0595. The third-order valence-corrected chi connectivity index (χ3v) is 3.84. The number of ether oxygens (including phenoxy) is 1. The normalized spacial score (nSPS) is 11.7. The molecule has 3 nitrogen and oxygen atoms in total. The Hall–Kier alpha value is -2.81. The van der Waals surface area contributed by atoms with Crippen LogP contribution in [0.25, 0.3) is 16.7 Å². The molecule has 0 aliphatic rings. The Bertz CT molecular complexity index is 738. The lowest BCUT2D eigenvalue weighted by Crippen LogP contribution is -1.99. The minimum absolute atomic E-state index is 0.282. The zero-order valence-corrected chi connectivity index (χ0v) is 14.7. The SMILES string of the molecule is CC=CC=C(C(=O)O)c1ccc(-c2ccc(OCCCC)cc2)cc1. The van der Waals surface area contributed by atoms with Crippen LogP contribution in [-0.4, -0.2) is 17.7 Å². The second kappa shape index (κ2) is 9.48. The lowest BCUT2D eigenvalue weighted by atomic mass is 10.00. The van der Waals surface area contributed by atoms with Gasteiger partial charge in [-0.05, 0) is 48.2 Å². The van der Waals surface area contributed by atoms with E-state index in [0.29, 0.717) is 5.56 Å². The molecule has 0 radical (unpaired) electrons. The average molecular weight is 336 g/mol. The van der Waals surface area contributed by atoms with Gasteiger partial charge in [-0.1, -0.05) is 61.9 Å². The molecule has 0 saturated heterocycles. The van der Waals surface area contributed by atoms with Crippen molar-refractivity contribution >= 4 is 11.5 Å². The Kier molecular flexibility index (Phi) is 7.02. The molecule has 0 amide bonds. The van der Waals surface area contributed by atoms with Gasteiger partial charge < -0.3 is 9.84 Å². The molecule has 0 aromatic heterocycles. The van der Waals surface area contributed by atoms with E-state index in [1.807, 2.05) is 55.5 Å². The molecule has 2 aromatic carbocycles. The number of carbonyl (C=O) groups is 1. The van der Waals surface area contributed by atoms with Crippen molar-refractivity contribution in [3.05, 3.63) is 72.3 Å². The fourth-order valence-corrected chi connectivity index (χ4v) is 2.40. The molecule has 1 N–H and O–H groups in total. The molecule has 130 valence electrons. The molecular formula is C22H24O3. The molecule has 0 unspecified atom stereocenters. The Morgan fingerprint density at radius 3 is 2.16 bits per heavy atom. The van der Waals surface area contributed by atoms with Crippen molar-refractivity contribution < 1.29 is 14.6 Å². The molecule has 2 rings (SSSR count). The highest BCUT2D eigenvalue weighted by molar-refractivity contribution is 6.15. The number of carboxylic acid groups (broad SMARTS) is 1. The van der Waals surface area contributed by atoms with Crippen LogP contribution in [0.15, 0.2) is 66.8 Å². The van der Waals surface area contributed by atoms with E-state index in [2.05, 4.69) is 6.92 Å². The van der Waals surface area contributed by atoms with Crippen LogP contribution in [-0.2, 0) is 4.79 Å². The van der Waals surface area contributed by atoms with Crippen molar-refractivity contribution in [2.24, 2.45) is 0 Å². The zero-order chi connectivity index (χ0) is 18.1. The summed E-state index contributed by atoms with van der Waals surface area (Å²) in [6.45, 7) is 4.73. The zero-order valence-electron chi connectivity index (χ0n) is 14.7. The molecule has 0 aliphatic heterocycles. The Morgan fingerprint density at radius 2 is 1.64 bits per heavy atom. The standard InChI is InChI=1S/C22H24O3/c1-3-5-7-21(22(23)24)19-10-8-17(9-11-19)18-12-14-20(15-13-18)25-16-6-4-2/h3,5,7-15H,4,6,16H2,1-2H3,(H,23,24). The fourth-order valence-electron chi connectivity index (χ4n) is 2.40. The van der Waals surface area contributed by atoms with Crippen molar-refractivity contribution in [1.29, 1.82) is 0 Å². The number of hydrogen-bond donors (Lipinski definition) is 1. The third-order valence-electron chi connectivity index (χ3n) is 3.84. The van der Waals surface area contributed by atoms with Gasteiger partial charge in [0.05, 0.1) is 12.2 Å². The first-order valence-corrected chi connectivity index (χ1v) is 8.55. The fraction of sp³-hybridized carbons (Fsp3) is 0.227. The Balaban J connectivity index is 2.15. The monoisotopic (exact) mass is 336 g/mol. The number of rotatable bonds is 8. The molecule has 0 aliphatic carbocycles. The first kappa shape index (κ1) is 18.5. The summed E-state index contributed by atoms with van der Waals surface area (Å²) in [5, 5.41) is 9.34. The average Bonchev–Trinajstić information content (AvgIpc) is 2.63. The highest BCUT2D eigenvalue weighted by Crippen LogP contribution is 2.25. The Labute approximate surface area is 149 Å².